The molecule has 1 atom stereocenters. The van der Waals surface area contributed by atoms with Gasteiger partial charge in [0.1, 0.15) is 5.84 Å². The van der Waals surface area contributed by atoms with Crippen molar-refractivity contribution >= 4 is 58.0 Å². The summed E-state index contributed by atoms with van der Waals surface area (Å²) in [5, 5.41) is 12.8. The van der Waals surface area contributed by atoms with Crippen molar-refractivity contribution in [2.24, 2.45) is 5.10 Å². The Morgan fingerprint density at radius 1 is 1.09 bits per heavy atom. The van der Waals surface area contributed by atoms with Gasteiger partial charge in [-0.1, -0.05) is 37.3 Å². The summed E-state index contributed by atoms with van der Waals surface area (Å²) in [5.41, 5.74) is 1.33. The number of anilines is 2. The van der Waals surface area contributed by atoms with E-state index >= 15 is 0 Å². The van der Waals surface area contributed by atoms with E-state index in [4.69, 9.17) is 0 Å². The van der Waals surface area contributed by atoms with E-state index in [2.05, 4.69) is 15.7 Å². The summed E-state index contributed by atoms with van der Waals surface area (Å²) in [6.07, 6.45) is 0.637. The maximum absolute atomic E-state index is 12.9. The highest BCUT2D eigenvalue weighted by Gasteiger charge is 2.28. The summed E-state index contributed by atoms with van der Waals surface area (Å²) in [5.74, 6) is -0.225. The molecule has 3 aromatic rings. The lowest BCUT2D eigenvalue weighted by atomic mass is 10.3. The van der Waals surface area contributed by atoms with E-state index in [1.54, 1.807) is 18.2 Å². The van der Waals surface area contributed by atoms with Crippen LogP contribution < -0.4 is 15.6 Å². The Kier molecular flexibility index (Phi) is 7.21. The third-order valence-electron chi connectivity index (χ3n) is 4.82. The van der Waals surface area contributed by atoms with Crippen LogP contribution in [0.4, 0.5) is 11.4 Å². The monoisotopic (exact) mass is 478 g/mol. The van der Waals surface area contributed by atoms with Crippen LogP contribution >= 0.6 is 23.1 Å². The number of thiophene rings is 1. The lowest BCUT2D eigenvalue weighted by Crippen LogP contribution is -2.36. The third-order valence-corrected chi connectivity index (χ3v) is 7.05. The maximum atomic E-state index is 12.9. The summed E-state index contributed by atoms with van der Waals surface area (Å²) in [4.78, 5) is 39.0. The number of hydrazone groups is 1. The highest BCUT2D eigenvalue weighted by molar-refractivity contribution is 8.00. The molecule has 1 aromatic heterocycles. The second-order valence-corrected chi connectivity index (χ2v) is 9.45. The Morgan fingerprint density at radius 2 is 1.91 bits per heavy atom. The number of para-hydroxylation sites is 1. The van der Waals surface area contributed by atoms with Crippen molar-refractivity contribution in [1.29, 1.82) is 0 Å². The highest BCUT2D eigenvalue weighted by Crippen LogP contribution is 2.28. The molecule has 33 heavy (non-hydrogen) atoms. The fraction of sp³-hybridized carbons (Fsp3) is 0.167. The molecule has 0 fully saturated rings. The molecule has 7 nitrogen and oxygen atoms in total. The molecule has 1 unspecified atom stereocenters. The SMILES string of the molecule is CCC(Sc1cccc(NC(=O)c2cccs2)c1)C(=O)NC1=NN(c2ccccc2)C(=O)C1. The van der Waals surface area contributed by atoms with Crippen LogP contribution in [0.15, 0.2) is 82.1 Å². The van der Waals surface area contributed by atoms with Crippen LogP contribution in [-0.4, -0.2) is 28.8 Å². The van der Waals surface area contributed by atoms with Gasteiger partial charge in [0.05, 0.1) is 22.2 Å². The minimum absolute atomic E-state index is 0.0476. The molecule has 2 N–H and O–H groups in total. The van der Waals surface area contributed by atoms with Crippen molar-refractivity contribution in [2.75, 3.05) is 10.3 Å². The molecule has 1 aliphatic rings. The molecule has 0 aliphatic carbocycles. The zero-order valence-electron chi connectivity index (χ0n) is 17.9. The van der Waals surface area contributed by atoms with E-state index in [9.17, 15) is 14.4 Å². The van der Waals surface area contributed by atoms with Gasteiger partial charge in [0.25, 0.3) is 11.8 Å². The number of hydrogen-bond acceptors (Lipinski definition) is 6. The topological polar surface area (TPSA) is 90.9 Å². The third kappa shape index (κ3) is 5.68. The van der Waals surface area contributed by atoms with Crippen LogP contribution in [0, 0.1) is 0 Å². The largest absolute Gasteiger partial charge is 0.321 e. The van der Waals surface area contributed by atoms with Crippen LogP contribution in [0.3, 0.4) is 0 Å². The quantitative estimate of drug-likeness (QED) is 0.480. The Morgan fingerprint density at radius 3 is 2.64 bits per heavy atom. The molecule has 0 spiro atoms. The van der Waals surface area contributed by atoms with Gasteiger partial charge in [0.2, 0.25) is 5.91 Å². The van der Waals surface area contributed by atoms with E-state index in [1.165, 1.54) is 28.1 Å². The minimum Gasteiger partial charge on any atom is -0.321 e. The number of nitrogens with zero attached hydrogens (tertiary/aromatic N) is 2. The Hall–Kier alpha value is -3.43. The molecule has 168 valence electrons. The van der Waals surface area contributed by atoms with Crippen LogP contribution in [0.5, 0.6) is 0 Å². The summed E-state index contributed by atoms with van der Waals surface area (Å²) in [6.45, 7) is 1.93. The Balaban J connectivity index is 1.39. The van der Waals surface area contributed by atoms with Crippen molar-refractivity contribution in [3.05, 3.63) is 77.0 Å². The molecule has 2 aromatic carbocycles. The van der Waals surface area contributed by atoms with Gasteiger partial charge in [0.15, 0.2) is 0 Å². The summed E-state index contributed by atoms with van der Waals surface area (Å²) < 4.78 is 0. The summed E-state index contributed by atoms with van der Waals surface area (Å²) in [7, 11) is 0. The first-order valence-electron chi connectivity index (χ1n) is 10.4. The lowest BCUT2D eigenvalue weighted by Gasteiger charge is -2.15. The summed E-state index contributed by atoms with van der Waals surface area (Å²) >= 11 is 2.78. The molecule has 9 heteroatoms. The Bertz CT molecular complexity index is 1180. The normalized spacial score (nSPS) is 14.0. The van der Waals surface area contributed by atoms with E-state index in [0.717, 1.165) is 4.90 Å². The Labute approximate surface area is 199 Å². The highest BCUT2D eigenvalue weighted by atomic mass is 32.2. The number of thioether (sulfide) groups is 1. The molecule has 0 saturated heterocycles. The zero-order chi connectivity index (χ0) is 23.2. The first-order chi connectivity index (χ1) is 16.0. The van der Waals surface area contributed by atoms with Gasteiger partial charge in [-0.3, -0.25) is 14.4 Å². The molecule has 0 radical (unpaired) electrons. The van der Waals surface area contributed by atoms with Gasteiger partial charge < -0.3 is 10.6 Å². The number of carbonyl (C=O) groups is 3. The number of amides is 3. The second kappa shape index (κ2) is 10.5. The molecule has 0 saturated carbocycles. The van der Waals surface area contributed by atoms with Gasteiger partial charge >= 0.3 is 0 Å². The van der Waals surface area contributed by atoms with E-state index < -0.39 is 0 Å². The smallest absolute Gasteiger partial charge is 0.265 e. The molecule has 2 heterocycles. The maximum Gasteiger partial charge on any atom is 0.265 e. The second-order valence-electron chi connectivity index (χ2n) is 7.23. The van der Waals surface area contributed by atoms with E-state index in [0.29, 0.717) is 28.5 Å². The van der Waals surface area contributed by atoms with Crippen molar-refractivity contribution in [3.63, 3.8) is 0 Å². The number of hydrogen-bond donors (Lipinski definition) is 2. The van der Waals surface area contributed by atoms with Crippen LogP contribution in [0.25, 0.3) is 0 Å². The minimum atomic E-state index is -0.378. The molecule has 1 aliphatic heterocycles. The van der Waals surface area contributed by atoms with Gasteiger partial charge in [-0.05, 0) is 48.2 Å². The van der Waals surface area contributed by atoms with Gasteiger partial charge in [-0.2, -0.15) is 10.1 Å². The van der Waals surface area contributed by atoms with Crippen LogP contribution in [0.1, 0.15) is 29.4 Å². The fourth-order valence-electron chi connectivity index (χ4n) is 3.23. The number of amidine groups is 1. The van der Waals surface area contributed by atoms with Crippen LogP contribution in [0.2, 0.25) is 0 Å². The average Bonchev–Trinajstić information content (AvgIpc) is 3.48. The lowest BCUT2D eigenvalue weighted by molar-refractivity contribution is -0.119. The van der Waals surface area contributed by atoms with Crippen LogP contribution in [-0.2, 0) is 9.59 Å². The fourth-order valence-corrected chi connectivity index (χ4v) is 4.86. The zero-order valence-corrected chi connectivity index (χ0v) is 19.5. The number of rotatable bonds is 7. The van der Waals surface area contributed by atoms with Gasteiger partial charge in [-0.15, -0.1) is 23.1 Å². The van der Waals surface area contributed by atoms with Gasteiger partial charge in [-0.25, -0.2) is 0 Å². The van der Waals surface area contributed by atoms with Crippen molar-refractivity contribution < 1.29 is 14.4 Å². The van der Waals surface area contributed by atoms with Crippen molar-refractivity contribution in [3.8, 4) is 0 Å². The standard InChI is InChI=1S/C24H22N4O3S2/c1-2-19(23(30)26-21-15-22(29)28(27-21)17-9-4-3-5-10-17)33-18-11-6-8-16(14-18)25-24(31)20-12-7-13-32-20/h3-14,19H,2,15H2,1H3,(H,25,31)(H,26,27,30). The average molecular weight is 479 g/mol. The molecular formula is C24H22N4O3S2. The first kappa shape index (κ1) is 22.8. The number of nitrogens with one attached hydrogen (secondary N) is 2. The van der Waals surface area contributed by atoms with Gasteiger partial charge in [0, 0.05) is 10.6 Å². The number of carbonyl (C=O) groups excluding carboxylic acids is 3. The summed E-state index contributed by atoms with van der Waals surface area (Å²) in [6, 6.07) is 20.1. The molecule has 0 bridgehead atoms. The van der Waals surface area contributed by atoms with Crippen molar-refractivity contribution in [1.82, 2.24) is 5.32 Å². The molecule has 3 amide bonds. The van der Waals surface area contributed by atoms with E-state index in [-0.39, 0.29) is 29.4 Å². The van der Waals surface area contributed by atoms with E-state index in [1.807, 2.05) is 60.8 Å². The predicted octanol–water partition coefficient (Wildman–Crippen LogP) is 4.74. The first-order valence-corrected chi connectivity index (χ1v) is 12.2. The number of benzene rings is 2. The van der Waals surface area contributed by atoms with Crippen molar-refractivity contribution in [2.45, 2.75) is 29.9 Å². The predicted molar refractivity (Wildman–Crippen MR) is 133 cm³/mol. The molecule has 4 rings (SSSR count). The molecular weight excluding hydrogens is 456 g/mol.